The molecule has 0 saturated carbocycles. The summed E-state index contributed by atoms with van der Waals surface area (Å²) in [6.45, 7) is 4.98. The maximum Gasteiger partial charge on any atom is 0.225 e. The van der Waals surface area contributed by atoms with Gasteiger partial charge in [0.15, 0.2) is 0 Å². The number of aryl methyl sites for hydroxylation is 1. The van der Waals surface area contributed by atoms with Gasteiger partial charge in [0.1, 0.15) is 0 Å². The molecule has 2 heterocycles. The summed E-state index contributed by atoms with van der Waals surface area (Å²) < 4.78 is 7.14. The second-order valence-corrected chi connectivity index (χ2v) is 5.58. The largest absolute Gasteiger partial charge is 0.380 e. The van der Waals surface area contributed by atoms with E-state index in [1.807, 2.05) is 15.8 Å². The second-order valence-electron chi connectivity index (χ2n) is 5.58. The molecule has 1 fully saturated rings. The van der Waals surface area contributed by atoms with Gasteiger partial charge in [-0.25, -0.2) is 0 Å². The quantitative estimate of drug-likeness (QED) is 0.848. The SMILES string of the molecule is CCn1cc(C2CCN(C(=O)CC(CN)OC)CC2)cn1. The molecule has 1 aliphatic rings. The van der Waals surface area contributed by atoms with Crippen molar-refractivity contribution in [3.05, 3.63) is 18.0 Å². The van der Waals surface area contributed by atoms with Gasteiger partial charge in [0.2, 0.25) is 5.91 Å². The number of carbonyl (C=O) groups is 1. The van der Waals surface area contributed by atoms with Crippen LogP contribution in [0.5, 0.6) is 0 Å². The first-order chi connectivity index (χ1) is 10.2. The summed E-state index contributed by atoms with van der Waals surface area (Å²) in [5.74, 6) is 0.664. The van der Waals surface area contributed by atoms with Crippen LogP contribution in [0, 0.1) is 0 Å². The first-order valence-electron chi connectivity index (χ1n) is 7.70. The predicted molar refractivity (Wildman–Crippen MR) is 80.9 cm³/mol. The molecule has 6 nitrogen and oxygen atoms in total. The van der Waals surface area contributed by atoms with Crippen molar-refractivity contribution >= 4 is 5.91 Å². The fourth-order valence-corrected chi connectivity index (χ4v) is 2.81. The fourth-order valence-electron chi connectivity index (χ4n) is 2.81. The molecule has 2 N–H and O–H groups in total. The Labute approximate surface area is 126 Å². The molecular weight excluding hydrogens is 268 g/mol. The number of aromatic nitrogens is 2. The molecule has 0 radical (unpaired) electrons. The Morgan fingerprint density at radius 1 is 1.52 bits per heavy atom. The molecule has 0 aliphatic carbocycles. The molecule has 1 aromatic heterocycles. The van der Waals surface area contributed by atoms with E-state index in [2.05, 4.69) is 18.2 Å². The number of hydrogen-bond acceptors (Lipinski definition) is 4. The number of amides is 1. The molecule has 1 aliphatic heterocycles. The van der Waals surface area contributed by atoms with Gasteiger partial charge >= 0.3 is 0 Å². The summed E-state index contributed by atoms with van der Waals surface area (Å²) in [6, 6.07) is 0. The average Bonchev–Trinajstić information content (AvgIpc) is 3.01. The molecule has 0 bridgehead atoms. The van der Waals surface area contributed by atoms with Gasteiger partial charge in [-0.1, -0.05) is 0 Å². The molecule has 0 aromatic carbocycles. The Bertz CT molecular complexity index is 448. The van der Waals surface area contributed by atoms with Crippen LogP contribution in [0.15, 0.2) is 12.4 Å². The van der Waals surface area contributed by atoms with Crippen LogP contribution in [0.4, 0.5) is 0 Å². The van der Waals surface area contributed by atoms with Gasteiger partial charge in [0, 0.05) is 39.5 Å². The summed E-state index contributed by atoms with van der Waals surface area (Å²) >= 11 is 0. The summed E-state index contributed by atoms with van der Waals surface area (Å²) in [5.41, 5.74) is 6.86. The number of carbonyl (C=O) groups excluding carboxylic acids is 1. The van der Waals surface area contributed by atoms with E-state index in [4.69, 9.17) is 10.5 Å². The van der Waals surface area contributed by atoms with E-state index in [-0.39, 0.29) is 12.0 Å². The third-order valence-corrected chi connectivity index (χ3v) is 4.29. The lowest BCUT2D eigenvalue weighted by Crippen LogP contribution is -2.40. The Hall–Kier alpha value is -1.40. The Kier molecular flexibility index (Phi) is 5.76. The minimum atomic E-state index is -0.169. The average molecular weight is 294 g/mol. The smallest absolute Gasteiger partial charge is 0.225 e. The number of piperidine rings is 1. The molecule has 6 heteroatoms. The van der Waals surface area contributed by atoms with E-state index < -0.39 is 0 Å². The van der Waals surface area contributed by atoms with Crippen molar-refractivity contribution in [3.63, 3.8) is 0 Å². The summed E-state index contributed by atoms with van der Waals surface area (Å²) in [4.78, 5) is 14.1. The highest BCUT2D eigenvalue weighted by molar-refractivity contribution is 5.76. The fraction of sp³-hybridized carbons (Fsp3) is 0.733. The number of ether oxygens (including phenoxy) is 1. The Morgan fingerprint density at radius 3 is 2.76 bits per heavy atom. The van der Waals surface area contributed by atoms with Gasteiger partial charge in [-0.05, 0) is 31.2 Å². The molecule has 1 amide bonds. The summed E-state index contributed by atoms with van der Waals surface area (Å²) in [7, 11) is 1.60. The van der Waals surface area contributed by atoms with Crippen LogP contribution in [-0.2, 0) is 16.1 Å². The molecule has 1 aromatic rings. The van der Waals surface area contributed by atoms with E-state index in [0.29, 0.717) is 18.9 Å². The molecule has 1 atom stereocenters. The highest BCUT2D eigenvalue weighted by Crippen LogP contribution is 2.28. The maximum absolute atomic E-state index is 12.2. The predicted octanol–water partition coefficient (Wildman–Crippen LogP) is 0.973. The van der Waals surface area contributed by atoms with Crippen molar-refractivity contribution in [2.75, 3.05) is 26.7 Å². The maximum atomic E-state index is 12.2. The molecule has 2 rings (SSSR count). The first-order valence-corrected chi connectivity index (χ1v) is 7.70. The van der Waals surface area contributed by atoms with Crippen molar-refractivity contribution in [1.29, 1.82) is 0 Å². The van der Waals surface area contributed by atoms with Crippen LogP contribution < -0.4 is 5.73 Å². The van der Waals surface area contributed by atoms with Crippen molar-refractivity contribution in [2.24, 2.45) is 5.73 Å². The topological polar surface area (TPSA) is 73.4 Å². The number of hydrogen-bond donors (Lipinski definition) is 1. The standard InChI is InChI=1S/C15H26N4O2/c1-3-19-11-13(10-17-19)12-4-6-18(7-5-12)15(20)8-14(9-16)21-2/h10-12,14H,3-9,16H2,1-2H3. The van der Waals surface area contributed by atoms with Crippen LogP contribution in [0.1, 0.15) is 37.7 Å². The summed E-state index contributed by atoms with van der Waals surface area (Å²) in [6.07, 6.45) is 6.30. The third kappa shape index (κ3) is 4.04. The van der Waals surface area contributed by atoms with Gasteiger partial charge in [-0.3, -0.25) is 9.48 Å². The Morgan fingerprint density at radius 2 is 2.24 bits per heavy atom. The number of nitrogens with zero attached hydrogens (tertiary/aromatic N) is 3. The normalized spacial score (nSPS) is 18.0. The lowest BCUT2D eigenvalue weighted by molar-refractivity contribution is -0.134. The minimum absolute atomic E-state index is 0.148. The van der Waals surface area contributed by atoms with E-state index in [1.54, 1.807) is 7.11 Å². The lowest BCUT2D eigenvalue weighted by Gasteiger charge is -2.32. The lowest BCUT2D eigenvalue weighted by atomic mass is 9.91. The zero-order chi connectivity index (χ0) is 15.2. The minimum Gasteiger partial charge on any atom is -0.380 e. The van der Waals surface area contributed by atoms with Crippen molar-refractivity contribution in [3.8, 4) is 0 Å². The van der Waals surface area contributed by atoms with E-state index in [0.717, 1.165) is 32.5 Å². The van der Waals surface area contributed by atoms with Gasteiger partial charge in [0.25, 0.3) is 0 Å². The third-order valence-electron chi connectivity index (χ3n) is 4.29. The summed E-state index contributed by atoms with van der Waals surface area (Å²) in [5, 5.41) is 4.33. The second kappa shape index (κ2) is 7.56. The van der Waals surface area contributed by atoms with Crippen LogP contribution in [0.2, 0.25) is 0 Å². The van der Waals surface area contributed by atoms with Crippen molar-refractivity contribution in [2.45, 2.75) is 44.8 Å². The van der Waals surface area contributed by atoms with Gasteiger partial charge < -0.3 is 15.4 Å². The van der Waals surface area contributed by atoms with Crippen molar-refractivity contribution < 1.29 is 9.53 Å². The number of likely N-dealkylation sites (tertiary alicyclic amines) is 1. The van der Waals surface area contributed by atoms with Gasteiger partial charge in [0.05, 0.1) is 18.7 Å². The molecule has 21 heavy (non-hydrogen) atoms. The van der Waals surface area contributed by atoms with Crippen molar-refractivity contribution in [1.82, 2.24) is 14.7 Å². The molecular formula is C15H26N4O2. The van der Waals surface area contributed by atoms with Crippen LogP contribution in [-0.4, -0.2) is 53.4 Å². The number of nitrogens with two attached hydrogens (primary N) is 1. The van der Waals surface area contributed by atoms with Gasteiger partial charge in [-0.15, -0.1) is 0 Å². The zero-order valence-electron chi connectivity index (χ0n) is 13.0. The van der Waals surface area contributed by atoms with E-state index >= 15 is 0 Å². The first kappa shape index (κ1) is 16.0. The van der Waals surface area contributed by atoms with Crippen LogP contribution in [0.25, 0.3) is 0 Å². The number of methoxy groups -OCH3 is 1. The highest BCUT2D eigenvalue weighted by Gasteiger charge is 2.25. The molecule has 1 unspecified atom stereocenters. The zero-order valence-corrected chi connectivity index (χ0v) is 13.0. The van der Waals surface area contributed by atoms with Gasteiger partial charge in [-0.2, -0.15) is 5.10 Å². The molecule has 118 valence electrons. The van der Waals surface area contributed by atoms with E-state index in [9.17, 15) is 4.79 Å². The van der Waals surface area contributed by atoms with Crippen LogP contribution >= 0.6 is 0 Å². The van der Waals surface area contributed by atoms with Crippen LogP contribution in [0.3, 0.4) is 0 Å². The molecule has 1 saturated heterocycles. The molecule has 0 spiro atoms. The van der Waals surface area contributed by atoms with E-state index in [1.165, 1.54) is 5.56 Å². The highest BCUT2D eigenvalue weighted by atomic mass is 16.5. The monoisotopic (exact) mass is 294 g/mol. The Balaban J connectivity index is 1.83. The number of rotatable bonds is 6.